The van der Waals surface area contributed by atoms with Crippen molar-refractivity contribution in [1.29, 1.82) is 0 Å². The second kappa shape index (κ2) is 13.9. The van der Waals surface area contributed by atoms with Crippen molar-refractivity contribution in [1.82, 2.24) is 4.90 Å². The number of carboxylic acids is 2. The summed E-state index contributed by atoms with van der Waals surface area (Å²) in [7, 11) is 3.17. The summed E-state index contributed by atoms with van der Waals surface area (Å²) in [5, 5.41) is 19.1. The molecule has 4 rings (SSSR count). The molecule has 3 aromatic rings. The van der Waals surface area contributed by atoms with Crippen LogP contribution in [0.1, 0.15) is 65.9 Å². The van der Waals surface area contributed by atoms with Gasteiger partial charge in [-0.2, -0.15) is 0 Å². The third kappa shape index (κ3) is 7.64. The lowest BCUT2D eigenvalue weighted by Gasteiger charge is -2.17. The van der Waals surface area contributed by atoms with Crippen LogP contribution in [0, 0.1) is 11.8 Å². The first-order valence-electron chi connectivity index (χ1n) is 14.2. The molecule has 0 radical (unpaired) electrons. The number of benzene rings is 2. The number of amides is 1. The average Bonchev–Trinajstić information content (AvgIpc) is 3.60. The van der Waals surface area contributed by atoms with E-state index in [0.717, 1.165) is 51.8 Å². The predicted octanol–water partition coefficient (Wildman–Crippen LogP) is 5.57. The highest BCUT2D eigenvalue weighted by Crippen LogP contribution is 2.37. The molecule has 0 saturated carbocycles. The fourth-order valence-corrected chi connectivity index (χ4v) is 6.10. The number of carbonyl (C=O) groups excluding carboxylic acids is 2. The predicted molar refractivity (Wildman–Crippen MR) is 161 cm³/mol. The van der Waals surface area contributed by atoms with Gasteiger partial charge in [0, 0.05) is 36.7 Å². The van der Waals surface area contributed by atoms with Gasteiger partial charge in [-0.1, -0.05) is 13.8 Å². The fraction of sp³-hybridized carbons (Fsp3) is 0.438. The summed E-state index contributed by atoms with van der Waals surface area (Å²) in [5.41, 5.74) is 3.21. The molecule has 1 aliphatic heterocycles. The van der Waals surface area contributed by atoms with Crippen LogP contribution >= 0.6 is 11.3 Å². The van der Waals surface area contributed by atoms with E-state index < -0.39 is 23.8 Å². The van der Waals surface area contributed by atoms with E-state index >= 15 is 0 Å². The second-order valence-corrected chi connectivity index (χ2v) is 12.0. The lowest BCUT2D eigenvalue weighted by Crippen LogP contribution is -2.28. The first-order chi connectivity index (χ1) is 20.5. The van der Waals surface area contributed by atoms with Gasteiger partial charge in [-0.15, -0.1) is 11.3 Å². The number of unbranched alkanes of at least 4 members (excludes halogenated alkanes) is 1. The van der Waals surface area contributed by atoms with Crippen molar-refractivity contribution in [3.8, 4) is 17.2 Å². The van der Waals surface area contributed by atoms with Crippen molar-refractivity contribution >= 4 is 45.1 Å². The van der Waals surface area contributed by atoms with E-state index in [0.29, 0.717) is 36.1 Å². The van der Waals surface area contributed by atoms with Crippen LogP contribution in [0.2, 0.25) is 0 Å². The average molecular weight is 612 g/mol. The van der Waals surface area contributed by atoms with Crippen LogP contribution in [0.15, 0.2) is 30.3 Å². The van der Waals surface area contributed by atoms with Gasteiger partial charge in [-0.05, 0) is 65.6 Å². The summed E-state index contributed by atoms with van der Waals surface area (Å²) < 4.78 is 18.0. The number of rotatable bonds is 15. The molecule has 10 nitrogen and oxygen atoms in total. The number of aliphatic carboxylic acids is 2. The first kappa shape index (κ1) is 31.8. The summed E-state index contributed by atoms with van der Waals surface area (Å²) in [6.45, 7) is 4.39. The van der Waals surface area contributed by atoms with Crippen molar-refractivity contribution in [2.75, 3.05) is 20.8 Å². The van der Waals surface area contributed by atoms with Crippen molar-refractivity contribution in [2.45, 2.75) is 59.0 Å². The minimum absolute atomic E-state index is 0.0324. The Bertz CT molecular complexity index is 1530. The molecule has 2 atom stereocenters. The van der Waals surface area contributed by atoms with Crippen LogP contribution in [0.3, 0.4) is 0 Å². The number of methoxy groups -OCH3 is 2. The maximum Gasteiger partial charge on any atom is 0.306 e. The van der Waals surface area contributed by atoms with Crippen LogP contribution in [0.5, 0.6) is 17.2 Å². The standard InChI is InChI=1S/C32H37NO9S/c1-18(31(36)37)9-25(34)29-14-21-13-27(26(41-4)15-28(21)43-29)42-8-6-5-7-20-11-23(40-3)12-22-16-33(17-24(20)22)30(35)10-19(2)32(38)39/h11-15,18-19H,5-10,16-17H2,1-4H3,(H,36,37)(H,38,39)/t18-,19-/m0/s1. The molecule has 0 aliphatic carbocycles. The number of ketones is 1. The molecular formula is C32H37NO9S. The molecule has 2 aromatic carbocycles. The number of aryl methyl sites for hydroxylation is 1. The van der Waals surface area contributed by atoms with E-state index in [1.54, 1.807) is 25.2 Å². The van der Waals surface area contributed by atoms with E-state index in [1.165, 1.54) is 25.2 Å². The molecule has 230 valence electrons. The molecule has 0 spiro atoms. The maximum absolute atomic E-state index is 12.7. The second-order valence-electron chi connectivity index (χ2n) is 10.9. The molecule has 0 fully saturated rings. The summed E-state index contributed by atoms with van der Waals surface area (Å²) in [4.78, 5) is 49.9. The number of carboxylic acid groups (broad SMARTS) is 2. The number of fused-ring (bicyclic) bond motifs is 2. The van der Waals surface area contributed by atoms with Gasteiger partial charge in [0.2, 0.25) is 5.91 Å². The van der Waals surface area contributed by atoms with Crippen LogP contribution < -0.4 is 14.2 Å². The minimum atomic E-state index is -0.998. The fourth-order valence-electron chi connectivity index (χ4n) is 5.08. The number of carbonyl (C=O) groups is 4. The summed E-state index contributed by atoms with van der Waals surface area (Å²) in [6.07, 6.45) is 2.25. The van der Waals surface area contributed by atoms with Crippen molar-refractivity contribution in [2.24, 2.45) is 11.8 Å². The van der Waals surface area contributed by atoms with Gasteiger partial charge >= 0.3 is 11.9 Å². The van der Waals surface area contributed by atoms with E-state index in [4.69, 9.17) is 19.3 Å². The number of nitrogens with zero attached hydrogens (tertiary/aromatic N) is 1. The van der Waals surface area contributed by atoms with Gasteiger partial charge in [0.15, 0.2) is 17.3 Å². The summed E-state index contributed by atoms with van der Waals surface area (Å²) in [5.74, 6) is -2.00. The molecule has 2 heterocycles. The van der Waals surface area contributed by atoms with Gasteiger partial charge in [-0.3, -0.25) is 19.2 Å². The zero-order valence-electron chi connectivity index (χ0n) is 24.8. The Morgan fingerprint density at radius 2 is 1.60 bits per heavy atom. The Hall–Kier alpha value is -4.12. The number of hydrogen-bond donors (Lipinski definition) is 2. The quantitative estimate of drug-likeness (QED) is 0.167. The molecule has 1 aromatic heterocycles. The first-order valence-corrected chi connectivity index (χ1v) is 15.0. The largest absolute Gasteiger partial charge is 0.497 e. The number of Topliss-reactive ketones (excluding diaryl/α,β-unsaturated/α-hetero) is 1. The molecular weight excluding hydrogens is 574 g/mol. The van der Waals surface area contributed by atoms with Gasteiger partial charge in [0.25, 0.3) is 0 Å². The Morgan fingerprint density at radius 1 is 0.884 bits per heavy atom. The van der Waals surface area contributed by atoms with E-state index in [-0.39, 0.29) is 24.5 Å². The third-order valence-electron chi connectivity index (χ3n) is 7.70. The van der Waals surface area contributed by atoms with Crippen LogP contribution in [-0.4, -0.2) is 59.6 Å². The minimum Gasteiger partial charge on any atom is -0.497 e. The lowest BCUT2D eigenvalue weighted by atomic mass is 9.98. The molecule has 1 aliphatic rings. The Morgan fingerprint density at radius 3 is 2.28 bits per heavy atom. The topological polar surface area (TPSA) is 140 Å². The van der Waals surface area contributed by atoms with Crippen molar-refractivity contribution < 1.29 is 43.6 Å². The summed E-state index contributed by atoms with van der Waals surface area (Å²) >= 11 is 1.31. The van der Waals surface area contributed by atoms with Gasteiger partial charge in [-0.25, -0.2) is 0 Å². The van der Waals surface area contributed by atoms with E-state index in [9.17, 15) is 24.3 Å². The normalized spacial score (nSPS) is 13.8. The number of hydrogen-bond acceptors (Lipinski definition) is 8. The zero-order valence-corrected chi connectivity index (χ0v) is 25.6. The molecule has 0 unspecified atom stereocenters. The molecule has 0 bridgehead atoms. The maximum atomic E-state index is 12.7. The smallest absolute Gasteiger partial charge is 0.306 e. The monoisotopic (exact) mass is 611 g/mol. The molecule has 43 heavy (non-hydrogen) atoms. The van der Waals surface area contributed by atoms with Crippen molar-refractivity contribution in [3.63, 3.8) is 0 Å². The Kier molecular flexibility index (Phi) is 10.3. The van der Waals surface area contributed by atoms with Crippen LogP contribution in [0.4, 0.5) is 0 Å². The van der Waals surface area contributed by atoms with Crippen LogP contribution in [0.25, 0.3) is 10.1 Å². The molecule has 2 N–H and O–H groups in total. The van der Waals surface area contributed by atoms with Gasteiger partial charge in [0.05, 0.1) is 37.5 Å². The lowest BCUT2D eigenvalue weighted by molar-refractivity contribution is -0.145. The number of thiophene rings is 1. The van der Waals surface area contributed by atoms with E-state index in [2.05, 4.69) is 0 Å². The van der Waals surface area contributed by atoms with E-state index in [1.807, 2.05) is 24.3 Å². The molecule has 0 saturated heterocycles. The van der Waals surface area contributed by atoms with Gasteiger partial charge < -0.3 is 29.3 Å². The highest BCUT2D eigenvalue weighted by molar-refractivity contribution is 7.20. The number of ether oxygens (including phenoxy) is 3. The zero-order chi connectivity index (χ0) is 31.3. The Balaban J connectivity index is 1.36. The van der Waals surface area contributed by atoms with Crippen molar-refractivity contribution in [3.05, 3.63) is 51.9 Å². The molecule has 1 amide bonds. The van der Waals surface area contributed by atoms with Gasteiger partial charge in [0.1, 0.15) is 5.75 Å². The molecule has 11 heteroatoms. The Labute approximate surface area is 254 Å². The van der Waals surface area contributed by atoms with Crippen LogP contribution in [-0.2, 0) is 33.9 Å². The SMILES string of the molecule is COc1cc(CCCCOc2cc3cc(C(=O)C[C@H](C)C(=O)O)sc3cc2OC)c2c(c1)CN(C(=O)C[C@H](C)C(=O)O)C2. The third-order valence-corrected chi connectivity index (χ3v) is 8.84. The summed E-state index contributed by atoms with van der Waals surface area (Å²) in [6, 6.07) is 9.37. The highest BCUT2D eigenvalue weighted by Gasteiger charge is 2.28. The highest BCUT2D eigenvalue weighted by atomic mass is 32.1.